The average molecular weight is 194 g/mol. The molecule has 0 unspecified atom stereocenters. The van der Waals surface area contributed by atoms with Gasteiger partial charge in [0.15, 0.2) is 5.75 Å². The van der Waals surface area contributed by atoms with Crippen LogP contribution in [0, 0.1) is 0 Å². The highest BCUT2D eigenvalue weighted by Gasteiger charge is 2.16. The summed E-state index contributed by atoms with van der Waals surface area (Å²) in [6.45, 7) is -0.334. The number of benzene rings is 1. The minimum atomic E-state index is -0.334. The van der Waals surface area contributed by atoms with Gasteiger partial charge in [0.05, 0.1) is 6.20 Å². The molecule has 5 nitrogen and oxygen atoms in total. The normalized spacial score (nSPS) is 14.4. The lowest BCUT2D eigenvalue weighted by Crippen LogP contribution is -2.19. The Morgan fingerprint density at radius 2 is 2.21 bits per heavy atom. The molecule has 0 amide bonds. The summed E-state index contributed by atoms with van der Waals surface area (Å²) in [6, 6.07) is 4.02. The van der Waals surface area contributed by atoms with E-state index in [1.165, 1.54) is 24.4 Å². The van der Waals surface area contributed by atoms with Gasteiger partial charge in [-0.25, -0.2) is 5.06 Å². The maximum atomic E-state index is 11.0. The molecule has 0 saturated carbocycles. The second-order valence-corrected chi connectivity index (χ2v) is 2.83. The number of fused-ring (bicyclic) bond motifs is 1. The van der Waals surface area contributed by atoms with E-state index in [1.54, 1.807) is 0 Å². The van der Waals surface area contributed by atoms with Crippen molar-refractivity contribution in [3.05, 3.63) is 30.2 Å². The van der Waals surface area contributed by atoms with E-state index < -0.39 is 0 Å². The minimum absolute atomic E-state index is 0.186. The molecular weight excluding hydrogens is 186 g/mol. The topological polar surface area (TPSA) is 76.0 Å². The van der Waals surface area contributed by atoms with E-state index in [2.05, 4.69) is 0 Å². The number of anilines is 1. The van der Waals surface area contributed by atoms with Crippen LogP contribution in [0.5, 0.6) is 11.5 Å². The van der Waals surface area contributed by atoms with Crippen LogP contribution in [-0.2, 0) is 0 Å². The molecule has 0 radical (unpaired) electrons. The highest BCUT2D eigenvalue weighted by atomic mass is 16.5. The first-order valence-electron chi connectivity index (χ1n) is 3.99. The molecule has 0 aliphatic carbocycles. The Morgan fingerprint density at radius 1 is 1.43 bits per heavy atom. The summed E-state index contributed by atoms with van der Waals surface area (Å²) in [5, 5.41) is 30.0. The number of aliphatic hydroxyl groups excluding tert-OH is 1. The van der Waals surface area contributed by atoms with Crippen LogP contribution >= 0.6 is 0 Å². The van der Waals surface area contributed by atoms with Gasteiger partial charge in [0.1, 0.15) is 18.1 Å². The number of hydroxylamine groups is 1. The van der Waals surface area contributed by atoms with Gasteiger partial charge in [-0.1, -0.05) is 6.07 Å². The molecule has 2 N–H and O–H groups in total. The van der Waals surface area contributed by atoms with Crippen LogP contribution in [-0.4, -0.2) is 16.9 Å². The summed E-state index contributed by atoms with van der Waals surface area (Å²) in [6.07, 6.45) is 1.24. The predicted molar refractivity (Wildman–Crippen MR) is 46.0 cm³/mol. The molecule has 0 aromatic heterocycles. The van der Waals surface area contributed by atoms with Crippen molar-refractivity contribution >= 4 is 5.69 Å². The molecular formula is C9H8NO4-. The summed E-state index contributed by atoms with van der Waals surface area (Å²) in [7, 11) is 0. The molecule has 1 aromatic carbocycles. The highest BCUT2D eigenvalue weighted by Crippen LogP contribution is 2.34. The molecule has 1 heterocycles. The van der Waals surface area contributed by atoms with Gasteiger partial charge < -0.3 is 14.9 Å². The lowest BCUT2D eigenvalue weighted by molar-refractivity contribution is -0.268. The first-order chi connectivity index (χ1) is 6.70. The fraction of sp³-hybridized carbons (Fsp3) is 0.111. The number of aliphatic hydroxyl groups is 1. The first-order valence-corrected chi connectivity index (χ1v) is 3.99. The van der Waals surface area contributed by atoms with Gasteiger partial charge in [-0.05, 0) is 12.1 Å². The summed E-state index contributed by atoms with van der Waals surface area (Å²) in [5.41, 5.74) is 0.377. The van der Waals surface area contributed by atoms with Crippen LogP contribution in [0.4, 0.5) is 5.69 Å². The number of ether oxygens (including phenoxy) is 1. The highest BCUT2D eigenvalue weighted by molar-refractivity contribution is 5.62. The van der Waals surface area contributed by atoms with Gasteiger partial charge in [0.2, 0.25) is 0 Å². The minimum Gasteiger partial charge on any atom is -0.872 e. The molecule has 14 heavy (non-hydrogen) atoms. The van der Waals surface area contributed by atoms with Crippen molar-refractivity contribution in [2.45, 2.75) is 0 Å². The van der Waals surface area contributed by atoms with Crippen molar-refractivity contribution in [3.63, 3.8) is 0 Å². The van der Waals surface area contributed by atoms with Crippen LogP contribution in [0.2, 0.25) is 0 Å². The molecule has 1 aromatic rings. The molecule has 0 fully saturated rings. The van der Waals surface area contributed by atoms with Gasteiger partial charge >= 0.3 is 0 Å². The van der Waals surface area contributed by atoms with E-state index in [4.69, 9.17) is 9.84 Å². The third-order valence-electron chi connectivity index (χ3n) is 1.84. The van der Waals surface area contributed by atoms with E-state index in [0.717, 1.165) is 5.06 Å². The number of rotatable bonds is 1. The molecule has 0 spiro atoms. The third-order valence-corrected chi connectivity index (χ3v) is 1.84. The number of hydrogen-bond acceptors (Lipinski definition) is 5. The van der Waals surface area contributed by atoms with Crippen molar-refractivity contribution in [3.8, 4) is 11.5 Å². The van der Waals surface area contributed by atoms with E-state index >= 15 is 0 Å². The zero-order valence-electron chi connectivity index (χ0n) is 7.17. The van der Waals surface area contributed by atoms with Crippen LogP contribution in [0.25, 0.3) is 0 Å². The number of hydrogen-bond donors (Lipinski definition) is 2. The van der Waals surface area contributed by atoms with Crippen LogP contribution in [0.15, 0.2) is 30.2 Å². The van der Waals surface area contributed by atoms with Gasteiger partial charge in [0, 0.05) is 0 Å². The SMILES string of the molecule is [O-]c1ccc2c(c1)OC(CO)=CN2O. The Hall–Kier alpha value is -1.72. The van der Waals surface area contributed by atoms with Gasteiger partial charge in [-0.2, -0.15) is 0 Å². The fourth-order valence-corrected chi connectivity index (χ4v) is 1.21. The van der Waals surface area contributed by atoms with Gasteiger partial charge in [-0.3, -0.25) is 5.21 Å². The quantitative estimate of drug-likeness (QED) is 0.667. The molecule has 2 rings (SSSR count). The Balaban J connectivity index is 2.42. The smallest absolute Gasteiger partial charge is 0.152 e. The van der Waals surface area contributed by atoms with Crippen molar-refractivity contribution in [1.29, 1.82) is 0 Å². The fourth-order valence-electron chi connectivity index (χ4n) is 1.21. The van der Waals surface area contributed by atoms with E-state index in [-0.39, 0.29) is 23.9 Å². The molecule has 5 heteroatoms. The molecule has 0 bridgehead atoms. The number of nitrogens with zero attached hydrogens (tertiary/aromatic N) is 1. The Morgan fingerprint density at radius 3 is 2.93 bits per heavy atom. The summed E-state index contributed by atoms with van der Waals surface area (Å²) < 4.78 is 5.14. The van der Waals surface area contributed by atoms with Gasteiger partial charge in [-0.15, -0.1) is 5.75 Å². The average Bonchev–Trinajstić information content (AvgIpc) is 2.16. The standard InChI is InChI=1S/C9H9NO4/c11-5-7-4-10(13)8-2-1-6(12)3-9(8)14-7/h1-4,11-13H,5H2/p-1. The molecule has 1 aliphatic heterocycles. The van der Waals surface area contributed by atoms with Crippen molar-refractivity contribution < 1.29 is 20.2 Å². The van der Waals surface area contributed by atoms with Crippen molar-refractivity contribution in [2.24, 2.45) is 0 Å². The molecule has 74 valence electrons. The maximum absolute atomic E-state index is 11.0. The molecule has 0 atom stereocenters. The van der Waals surface area contributed by atoms with Crippen molar-refractivity contribution in [1.82, 2.24) is 0 Å². The molecule has 1 aliphatic rings. The first kappa shape index (κ1) is 8.86. The van der Waals surface area contributed by atoms with E-state index in [9.17, 15) is 10.3 Å². The van der Waals surface area contributed by atoms with Gasteiger partial charge in [0.25, 0.3) is 0 Å². The summed E-state index contributed by atoms with van der Waals surface area (Å²) in [5.74, 6) is 0.216. The third kappa shape index (κ3) is 1.39. The predicted octanol–water partition coefficient (Wildman–Crippen LogP) is 0.182. The Labute approximate surface area is 80.0 Å². The largest absolute Gasteiger partial charge is 0.872 e. The monoisotopic (exact) mass is 194 g/mol. The van der Waals surface area contributed by atoms with E-state index in [1.807, 2.05) is 0 Å². The van der Waals surface area contributed by atoms with Crippen molar-refractivity contribution in [2.75, 3.05) is 11.7 Å². The second kappa shape index (κ2) is 3.21. The maximum Gasteiger partial charge on any atom is 0.152 e. The Bertz CT molecular complexity index is 388. The molecule has 0 saturated heterocycles. The Kier molecular flexibility index (Phi) is 2.03. The van der Waals surface area contributed by atoms with Crippen LogP contribution < -0.4 is 14.9 Å². The van der Waals surface area contributed by atoms with Crippen LogP contribution in [0.3, 0.4) is 0 Å². The zero-order valence-corrected chi connectivity index (χ0v) is 7.17. The second-order valence-electron chi connectivity index (χ2n) is 2.83. The lowest BCUT2D eigenvalue weighted by atomic mass is 10.2. The van der Waals surface area contributed by atoms with E-state index in [0.29, 0.717) is 5.69 Å². The summed E-state index contributed by atoms with van der Waals surface area (Å²) >= 11 is 0. The zero-order chi connectivity index (χ0) is 10.1. The summed E-state index contributed by atoms with van der Waals surface area (Å²) in [4.78, 5) is 0. The lowest BCUT2D eigenvalue weighted by Gasteiger charge is -2.24. The van der Waals surface area contributed by atoms with Crippen LogP contribution in [0.1, 0.15) is 0 Å².